The van der Waals surface area contributed by atoms with Crippen LogP contribution in [0.2, 0.25) is 0 Å². The summed E-state index contributed by atoms with van der Waals surface area (Å²) in [5, 5.41) is 12.2. The molecule has 2 amide bonds. The summed E-state index contributed by atoms with van der Waals surface area (Å²) in [6, 6.07) is 7.91. The van der Waals surface area contributed by atoms with Gasteiger partial charge in [0.1, 0.15) is 12.1 Å². The second-order valence-corrected chi connectivity index (χ2v) is 7.33. The minimum Gasteiger partial charge on any atom is -0.383 e. The molecule has 7 heteroatoms. The van der Waals surface area contributed by atoms with Gasteiger partial charge in [0.25, 0.3) is 0 Å². The van der Waals surface area contributed by atoms with E-state index in [0.29, 0.717) is 11.3 Å². The van der Waals surface area contributed by atoms with Gasteiger partial charge >= 0.3 is 0 Å². The fourth-order valence-electron chi connectivity index (χ4n) is 2.02. The van der Waals surface area contributed by atoms with Crippen LogP contribution < -0.4 is 11.1 Å². The van der Waals surface area contributed by atoms with Gasteiger partial charge < -0.3 is 16.2 Å². The highest BCUT2D eigenvalue weighted by Gasteiger charge is 2.23. The Labute approximate surface area is 138 Å². The number of amides is 2. The molecule has 6 nitrogen and oxygen atoms in total. The molecular formula is C16H24N2O4S. The van der Waals surface area contributed by atoms with E-state index in [0.717, 1.165) is 0 Å². The van der Waals surface area contributed by atoms with Gasteiger partial charge in [-0.1, -0.05) is 32.0 Å². The van der Waals surface area contributed by atoms with E-state index in [1.807, 2.05) is 19.9 Å². The first-order valence-electron chi connectivity index (χ1n) is 7.52. The molecule has 0 radical (unpaired) electrons. The lowest BCUT2D eigenvalue weighted by molar-refractivity contribution is -0.133. The first-order chi connectivity index (χ1) is 10.8. The molecule has 0 aliphatic rings. The number of aliphatic hydroxyl groups is 1. The van der Waals surface area contributed by atoms with Crippen molar-refractivity contribution in [2.45, 2.75) is 43.7 Å². The van der Waals surface area contributed by atoms with Crippen LogP contribution in [0.4, 0.5) is 0 Å². The second kappa shape index (κ2) is 9.42. The van der Waals surface area contributed by atoms with Crippen LogP contribution in [-0.4, -0.2) is 39.0 Å². The summed E-state index contributed by atoms with van der Waals surface area (Å²) in [5.41, 5.74) is 5.28. The van der Waals surface area contributed by atoms with Crippen molar-refractivity contribution in [3.8, 4) is 0 Å². The van der Waals surface area contributed by atoms with Crippen LogP contribution in [0.5, 0.6) is 0 Å². The third-order valence-electron chi connectivity index (χ3n) is 3.26. The Bertz CT molecular complexity index is 548. The first kappa shape index (κ1) is 19.3. The molecule has 1 rings (SSSR count). The Morgan fingerprint density at radius 2 is 1.87 bits per heavy atom. The maximum atomic E-state index is 12.1. The van der Waals surface area contributed by atoms with E-state index < -0.39 is 34.8 Å². The molecule has 0 aliphatic heterocycles. The van der Waals surface area contributed by atoms with Gasteiger partial charge in [-0.25, -0.2) is 0 Å². The van der Waals surface area contributed by atoms with Crippen molar-refractivity contribution in [1.29, 1.82) is 0 Å². The van der Waals surface area contributed by atoms with Crippen LogP contribution in [-0.2, 0) is 20.4 Å². The molecule has 128 valence electrons. The zero-order valence-electron chi connectivity index (χ0n) is 13.4. The van der Waals surface area contributed by atoms with Crippen LogP contribution in [0.1, 0.15) is 26.7 Å². The van der Waals surface area contributed by atoms with Crippen LogP contribution >= 0.6 is 0 Å². The average Bonchev–Trinajstić information content (AvgIpc) is 2.50. The van der Waals surface area contributed by atoms with Gasteiger partial charge in [-0.3, -0.25) is 13.8 Å². The maximum Gasteiger partial charge on any atom is 0.249 e. The lowest BCUT2D eigenvalue weighted by Crippen LogP contribution is -2.48. The van der Waals surface area contributed by atoms with E-state index in [2.05, 4.69) is 5.32 Å². The Kier molecular flexibility index (Phi) is 7.91. The number of primary amides is 1. The Morgan fingerprint density at radius 1 is 1.26 bits per heavy atom. The van der Waals surface area contributed by atoms with E-state index in [1.165, 1.54) is 0 Å². The largest absolute Gasteiger partial charge is 0.383 e. The van der Waals surface area contributed by atoms with Crippen LogP contribution in [0.25, 0.3) is 0 Å². The monoisotopic (exact) mass is 340 g/mol. The summed E-state index contributed by atoms with van der Waals surface area (Å²) in [7, 11) is -1.28. The van der Waals surface area contributed by atoms with Crippen molar-refractivity contribution in [3.63, 3.8) is 0 Å². The number of nitrogens with two attached hydrogens (primary N) is 1. The molecule has 0 bridgehead atoms. The number of hydrogen-bond acceptors (Lipinski definition) is 4. The van der Waals surface area contributed by atoms with Crippen molar-refractivity contribution in [1.82, 2.24) is 5.32 Å². The minimum absolute atomic E-state index is 0.147. The molecule has 0 aromatic heterocycles. The summed E-state index contributed by atoms with van der Waals surface area (Å²) in [4.78, 5) is 24.0. The summed E-state index contributed by atoms with van der Waals surface area (Å²) in [5.74, 6) is -1.00. The first-order valence-corrected chi connectivity index (χ1v) is 8.84. The average molecular weight is 340 g/mol. The SMILES string of the molecule is CC(C)C[C@@H](O)C(=O)N[C@H](CC[S@](=O)c1ccccc1)C(N)=O. The summed E-state index contributed by atoms with van der Waals surface area (Å²) >= 11 is 0. The third-order valence-corrected chi connectivity index (χ3v) is 4.66. The molecule has 0 saturated heterocycles. The van der Waals surface area contributed by atoms with E-state index >= 15 is 0 Å². The smallest absolute Gasteiger partial charge is 0.249 e. The molecule has 0 saturated carbocycles. The van der Waals surface area contributed by atoms with Gasteiger partial charge in [0, 0.05) is 10.6 Å². The van der Waals surface area contributed by atoms with Gasteiger partial charge in [-0.15, -0.1) is 0 Å². The number of aliphatic hydroxyl groups excluding tert-OH is 1. The van der Waals surface area contributed by atoms with Crippen LogP contribution in [0.3, 0.4) is 0 Å². The van der Waals surface area contributed by atoms with Crippen molar-refractivity contribution in [3.05, 3.63) is 30.3 Å². The summed E-state index contributed by atoms with van der Waals surface area (Å²) < 4.78 is 12.1. The van der Waals surface area contributed by atoms with Gasteiger partial charge in [-0.05, 0) is 30.9 Å². The molecule has 4 N–H and O–H groups in total. The Hall–Kier alpha value is -1.73. The standard InChI is InChI=1S/C16H24N2O4S/c1-11(2)10-14(19)16(21)18-13(15(17)20)8-9-23(22)12-6-4-3-5-7-12/h3-7,11,13-14,19H,8-10H2,1-2H3,(H2,17,20)(H,18,21)/t13-,14-,23+/m1/s1. The third kappa shape index (κ3) is 6.92. The number of carbonyl (C=O) groups excluding carboxylic acids is 2. The zero-order valence-corrected chi connectivity index (χ0v) is 14.2. The highest BCUT2D eigenvalue weighted by atomic mass is 32.2. The molecule has 1 aromatic carbocycles. The minimum atomic E-state index is -1.28. The van der Waals surface area contributed by atoms with E-state index in [4.69, 9.17) is 5.73 Å². The molecule has 3 atom stereocenters. The summed E-state index contributed by atoms with van der Waals surface area (Å²) in [6.45, 7) is 3.76. The van der Waals surface area contributed by atoms with Gasteiger partial charge in [-0.2, -0.15) is 0 Å². The predicted octanol–water partition coefficient (Wildman–Crippen LogP) is 0.561. The highest BCUT2D eigenvalue weighted by Crippen LogP contribution is 2.09. The summed E-state index contributed by atoms with van der Waals surface area (Å²) in [6.07, 6.45) is -0.735. The van der Waals surface area contributed by atoms with E-state index in [1.54, 1.807) is 24.3 Å². The quantitative estimate of drug-likeness (QED) is 0.610. The van der Waals surface area contributed by atoms with Crippen LogP contribution in [0.15, 0.2) is 35.2 Å². The normalized spacial score (nSPS) is 15.0. The van der Waals surface area contributed by atoms with Gasteiger partial charge in [0.05, 0.1) is 10.8 Å². The molecule has 0 heterocycles. The fraction of sp³-hybridized carbons (Fsp3) is 0.500. The van der Waals surface area contributed by atoms with Crippen molar-refractivity contribution >= 4 is 22.6 Å². The molecule has 0 fully saturated rings. The molecule has 0 aliphatic carbocycles. The second-order valence-electron chi connectivity index (χ2n) is 5.76. The number of rotatable bonds is 9. The number of hydrogen-bond donors (Lipinski definition) is 3. The lowest BCUT2D eigenvalue weighted by Gasteiger charge is -2.18. The van der Waals surface area contributed by atoms with Crippen LogP contribution in [0, 0.1) is 5.92 Å². The highest BCUT2D eigenvalue weighted by molar-refractivity contribution is 7.85. The van der Waals surface area contributed by atoms with Gasteiger partial charge in [0.15, 0.2) is 0 Å². The number of carbonyl (C=O) groups is 2. The lowest BCUT2D eigenvalue weighted by atomic mass is 10.1. The van der Waals surface area contributed by atoms with Crippen molar-refractivity contribution < 1.29 is 18.9 Å². The topological polar surface area (TPSA) is 109 Å². The number of benzene rings is 1. The molecule has 23 heavy (non-hydrogen) atoms. The van der Waals surface area contributed by atoms with E-state index in [-0.39, 0.29) is 18.1 Å². The zero-order chi connectivity index (χ0) is 17.4. The number of nitrogens with one attached hydrogen (secondary N) is 1. The maximum absolute atomic E-state index is 12.1. The molecular weight excluding hydrogens is 316 g/mol. The molecule has 0 spiro atoms. The van der Waals surface area contributed by atoms with Crippen molar-refractivity contribution in [2.24, 2.45) is 11.7 Å². The Balaban J connectivity index is 2.57. The Morgan fingerprint density at radius 3 is 2.39 bits per heavy atom. The predicted molar refractivity (Wildman–Crippen MR) is 88.9 cm³/mol. The van der Waals surface area contributed by atoms with Gasteiger partial charge in [0.2, 0.25) is 11.8 Å². The van der Waals surface area contributed by atoms with E-state index in [9.17, 15) is 18.9 Å². The van der Waals surface area contributed by atoms with Crippen molar-refractivity contribution in [2.75, 3.05) is 5.75 Å². The molecule has 1 aromatic rings. The molecule has 0 unspecified atom stereocenters. The fourth-order valence-corrected chi connectivity index (χ4v) is 3.17.